The van der Waals surface area contributed by atoms with E-state index in [1.165, 1.54) is 64.9 Å². The Labute approximate surface area is 222 Å². The molecule has 0 saturated heterocycles. The summed E-state index contributed by atoms with van der Waals surface area (Å²) in [4.78, 5) is 9.95. The van der Waals surface area contributed by atoms with Crippen molar-refractivity contribution in [2.75, 3.05) is 61.2 Å². The molecule has 0 fully saturated rings. The number of rotatable bonds is 26. The quantitative estimate of drug-likeness (QED) is 0.0554. The molecular weight excluding hydrogens is 477 g/mol. The molecule has 36 heavy (non-hydrogen) atoms. The average Bonchev–Trinajstić information content (AvgIpc) is 2.79. The second-order valence-electron chi connectivity index (χ2n) is 10.5. The highest BCUT2D eigenvalue weighted by Gasteiger charge is 2.27. The van der Waals surface area contributed by atoms with Crippen molar-refractivity contribution in [1.29, 1.82) is 0 Å². The number of unbranched alkanes of at least 4 members (excludes halogenated alkanes) is 10. The van der Waals surface area contributed by atoms with Gasteiger partial charge in [-0.15, -0.1) is 0 Å². The first-order valence-electron chi connectivity index (χ1n) is 14.0. The van der Waals surface area contributed by atoms with Crippen molar-refractivity contribution < 1.29 is 32.5 Å². The monoisotopic (exact) mass is 534 g/mol. The van der Waals surface area contributed by atoms with Crippen LogP contribution in [0.25, 0.3) is 0 Å². The molecule has 1 N–H and O–H groups in total. The van der Waals surface area contributed by atoms with Gasteiger partial charge in [-0.2, -0.15) is 0 Å². The van der Waals surface area contributed by atoms with E-state index in [1.807, 2.05) is 21.1 Å². The summed E-state index contributed by atoms with van der Waals surface area (Å²) in [6, 6.07) is 0. The second kappa shape index (κ2) is 23.6. The highest BCUT2D eigenvalue weighted by molar-refractivity contribution is 7.47. The summed E-state index contributed by atoms with van der Waals surface area (Å²) in [5.41, 5.74) is 0. The van der Waals surface area contributed by atoms with E-state index >= 15 is 0 Å². The van der Waals surface area contributed by atoms with E-state index in [-0.39, 0.29) is 19.8 Å². The van der Waals surface area contributed by atoms with Gasteiger partial charge in [0.15, 0.2) is 0 Å². The second-order valence-corrected chi connectivity index (χ2v) is 11.9. The van der Waals surface area contributed by atoms with Crippen LogP contribution in [0.3, 0.4) is 0 Å². The summed E-state index contributed by atoms with van der Waals surface area (Å²) in [6.45, 7) is 3.96. The van der Waals surface area contributed by atoms with Gasteiger partial charge in [-0.1, -0.05) is 56.9 Å². The Balaban J connectivity index is 3.71. The summed E-state index contributed by atoms with van der Waals surface area (Å²) in [5.74, 6) is 0. The molecule has 0 aliphatic heterocycles. The number of ether oxygens (including phenoxy) is 2. The van der Waals surface area contributed by atoms with E-state index < -0.39 is 13.9 Å². The van der Waals surface area contributed by atoms with Crippen LogP contribution < -0.4 is 0 Å². The van der Waals surface area contributed by atoms with Gasteiger partial charge in [-0.25, -0.2) is 4.57 Å². The van der Waals surface area contributed by atoms with Crippen LogP contribution in [0, 0.1) is 0 Å². The maximum atomic E-state index is 12.2. The lowest BCUT2D eigenvalue weighted by Crippen LogP contribution is -2.37. The summed E-state index contributed by atoms with van der Waals surface area (Å²) in [5, 5.41) is 0. The molecule has 0 aliphatic carbocycles. The molecular formula is C28H57NO6P+. The maximum absolute atomic E-state index is 12.2. The predicted octanol–water partition coefficient (Wildman–Crippen LogP) is 7.06. The smallest absolute Gasteiger partial charge is 0.382 e. The summed E-state index contributed by atoms with van der Waals surface area (Å²) >= 11 is 0. The predicted molar refractivity (Wildman–Crippen MR) is 150 cm³/mol. The third-order valence-corrected chi connectivity index (χ3v) is 6.74. The maximum Gasteiger partial charge on any atom is 0.472 e. The van der Waals surface area contributed by atoms with Crippen LogP contribution in [0.2, 0.25) is 0 Å². The van der Waals surface area contributed by atoms with Crippen molar-refractivity contribution in [2.45, 2.75) is 96.5 Å². The van der Waals surface area contributed by atoms with Gasteiger partial charge >= 0.3 is 7.82 Å². The molecule has 0 radical (unpaired) electrons. The van der Waals surface area contributed by atoms with Crippen LogP contribution in [0.5, 0.6) is 0 Å². The molecule has 2 atom stereocenters. The van der Waals surface area contributed by atoms with Crippen LogP contribution in [0.1, 0.15) is 90.4 Å². The lowest BCUT2D eigenvalue weighted by molar-refractivity contribution is -0.870. The van der Waals surface area contributed by atoms with Crippen LogP contribution in [0.4, 0.5) is 0 Å². The highest BCUT2D eigenvalue weighted by atomic mass is 31.2. The van der Waals surface area contributed by atoms with Gasteiger partial charge in [0.2, 0.25) is 0 Å². The number of allylic oxidation sites excluding steroid dienone is 4. The minimum atomic E-state index is -4.14. The van der Waals surface area contributed by atoms with Crippen molar-refractivity contribution in [3.8, 4) is 0 Å². The molecule has 0 rings (SSSR count). The van der Waals surface area contributed by atoms with Gasteiger partial charge in [-0.05, 0) is 57.8 Å². The molecule has 0 aliphatic rings. The third-order valence-electron chi connectivity index (χ3n) is 5.66. The molecule has 0 bridgehead atoms. The first-order chi connectivity index (χ1) is 17.2. The number of quaternary nitrogens is 1. The van der Waals surface area contributed by atoms with Gasteiger partial charge < -0.3 is 18.9 Å². The van der Waals surface area contributed by atoms with Crippen LogP contribution in [0.15, 0.2) is 24.3 Å². The number of hydrogen-bond acceptors (Lipinski definition) is 5. The van der Waals surface area contributed by atoms with E-state index in [1.54, 1.807) is 0 Å². The van der Waals surface area contributed by atoms with Crippen LogP contribution in [-0.2, 0) is 23.1 Å². The molecule has 0 heterocycles. The standard InChI is InChI=1S/C28H56NO6P/c1-6-7-8-9-10-11-12-13-14-15-16-17-18-19-20-21-22-24-33-27-28(26-32-5)35-36(30,31)34-25-23-29(2,3)4/h11-12,17-18,28H,6-10,13-16,19-27H2,1-5H3/p+1/b12-11-,18-17-/t28-/m0/s1. The molecule has 0 aromatic heterocycles. The fraction of sp³-hybridized carbons (Fsp3) is 0.857. The fourth-order valence-corrected chi connectivity index (χ4v) is 4.36. The zero-order chi connectivity index (χ0) is 27.0. The molecule has 8 heteroatoms. The van der Waals surface area contributed by atoms with Crippen LogP contribution >= 0.6 is 7.82 Å². The molecule has 0 amide bonds. The highest BCUT2D eigenvalue weighted by Crippen LogP contribution is 2.44. The van der Waals surface area contributed by atoms with E-state index in [0.717, 1.165) is 25.7 Å². The van der Waals surface area contributed by atoms with Gasteiger partial charge in [0.05, 0.1) is 34.4 Å². The Hall–Kier alpha value is -0.530. The molecule has 7 nitrogen and oxygen atoms in total. The van der Waals surface area contributed by atoms with E-state index in [0.29, 0.717) is 17.6 Å². The van der Waals surface area contributed by atoms with Crippen molar-refractivity contribution in [2.24, 2.45) is 0 Å². The zero-order valence-corrected chi connectivity index (χ0v) is 24.9. The van der Waals surface area contributed by atoms with E-state index in [9.17, 15) is 9.46 Å². The Morgan fingerprint density at radius 1 is 0.778 bits per heavy atom. The fourth-order valence-electron chi connectivity index (χ4n) is 3.49. The van der Waals surface area contributed by atoms with Gasteiger partial charge in [-0.3, -0.25) is 9.05 Å². The Morgan fingerprint density at radius 3 is 1.81 bits per heavy atom. The molecule has 0 spiro atoms. The Morgan fingerprint density at radius 2 is 1.31 bits per heavy atom. The summed E-state index contributed by atoms with van der Waals surface area (Å²) in [6.07, 6.45) is 24.5. The third kappa shape index (κ3) is 26.5. The lowest BCUT2D eigenvalue weighted by Gasteiger charge is -2.25. The first-order valence-corrected chi connectivity index (χ1v) is 15.5. The number of nitrogens with zero attached hydrogens (tertiary/aromatic N) is 1. The minimum Gasteiger partial charge on any atom is -0.382 e. The lowest BCUT2D eigenvalue weighted by atomic mass is 10.1. The Bertz CT molecular complexity index is 591. The molecule has 0 saturated carbocycles. The summed E-state index contributed by atoms with van der Waals surface area (Å²) in [7, 11) is 3.35. The number of phosphoric acid groups is 1. The van der Waals surface area contributed by atoms with Crippen molar-refractivity contribution >= 4 is 7.82 Å². The molecule has 1 unspecified atom stereocenters. The van der Waals surface area contributed by atoms with Crippen LogP contribution in [-0.4, -0.2) is 76.7 Å². The minimum absolute atomic E-state index is 0.142. The molecule has 0 aromatic rings. The van der Waals surface area contributed by atoms with E-state index in [2.05, 4.69) is 31.2 Å². The first kappa shape index (κ1) is 35.5. The Kier molecular flexibility index (Phi) is 23.2. The van der Waals surface area contributed by atoms with Gasteiger partial charge in [0.25, 0.3) is 0 Å². The normalized spacial score (nSPS) is 15.2. The zero-order valence-electron chi connectivity index (χ0n) is 24.0. The molecule has 214 valence electrons. The SMILES string of the molecule is CCCCCC/C=C\CCCC/C=C\CCCCCOC[C@H](COC)OP(=O)(O)OCC[N+](C)(C)C. The van der Waals surface area contributed by atoms with E-state index in [4.69, 9.17) is 18.5 Å². The van der Waals surface area contributed by atoms with Crippen molar-refractivity contribution in [1.82, 2.24) is 0 Å². The average molecular weight is 535 g/mol. The largest absolute Gasteiger partial charge is 0.472 e. The number of phosphoric ester groups is 1. The number of methoxy groups -OCH3 is 1. The summed E-state index contributed by atoms with van der Waals surface area (Å²) < 4.78 is 33.9. The van der Waals surface area contributed by atoms with Gasteiger partial charge in [0, 0.05) is 13.7 Å². The van der Waals surface area contributed by atoms with Crippen molar-refractivity contribution in [3.63, 3.8) is 0 Å². The van der Waals surface area contributed by atoms with Crippen molar-refractivity contribution in [3.05, 3.63) is 24.3 Å². The topological polar surface area (TPSA) is 74.2 Å². The number of hydrogen-bond donors (Lipinski definition) is 1. The number of likely N-dealkylation sites (N-methyl/N-ethyl adjacent to an activating group) is 1. The van der Waals surface area contributed by atoms with Gasteiger partial charge in [0.1, 0.15) is 19.3 Å². The molecule has 0 aromatic carbocycles.